The number of fused-ring (bicyclic) bond motifs is 1. The molecular weight excluding hydrogens is 308 g/mol. The molecule has 0 radical (unpaired) electrons. The lowest BCUT2D eigenvalue weighted by molar-refractivity contribution is 0.0690. The summed E-state index contributed by atoms with van der Waals surface area (Å²) in [6.07, 6.45) is 3.40. The lowest BCUT2D eigenvalue weighted by atomic mass is 10.3. The van der Waals surface area contributed by atoms with Crippen molar-refractivity contribution in [3.05, 3.63) is 42.2 Å². The van der Waals surface area contributed by atoms with Gasteiger partial charge in [0.1, 0.15) is 11.5 Å². The van der Waals surface area contributed by atoms with Crippen molar-refractivity contribution in [2.75, 3.05) is 6.26 Å². The number of thiazole rings is 1. The minimum absolute atomic E-state index is 0.0453. The van der Waals surface area contributed by atoms with Gasteiger partial charge in [-0.2, -0.15) is 0 Å². The van der Waals surface area contributed by atoms with Crippen LogP contribution in [0.2, 0.25) is 0 Å². The van der Waals surface area contributed by atoms with Crippen molar-refractivity contribution < 1.29 is 14.6 Å². The normalized spacial score (nSPS) is 10.7. The molecule has 0 fully saturated rings. The van der Waals surface area contributed by atoms with Gasteiger partial charge < -0.3 is 9.84 Å². The third-order valence-corrected chi connectivity index (χ3v) is 4.70. The van der Waals surface area contributed by atoms with Crippen LogP contribution in [-0.2, 0) is 0 Å². The smallest absolute Gasteiger partial charge is 0.354 e. The van der Waals surface area contributed by atoms with Gasteiger partial charge in [-0.25, -0.2) is 14.8 Å². The van der Waals surface area contributed by atoms with Gasteiger partial charge in [0.05, 0.1) is 10.2 Å². The summed E-state index contributed by atoms with van der Waals surface area (Å²) in [6, 6.07) is 8.62. The SMILES string of the molecule is CSc1nc2ccc(Oc3ccnc(C(=O)O)c3)cc2s1. The number of carbonyl (C=O) groups is 1. The first-order valence-corrected chi connectivity index (χ1v) is 8.01. The lowest BCUT2D eigenvalue weighted by Crippen LogP contribution is -1.99. The number of carboxylic acid groups (broad SMARTS) is 1. The van der Waals surface area contributed by atoms with Crippen molar-refractivity contribution in [3.63, 3.8) is 0 Å². The molecule has 2 aromatic heterocycles. The van der Waals surface area contributed by atoms with Crippen molar-refractivity contribution in [3.8, 4) is 11.5 Å². The Balaban J connectivity index is 1.90. The van der Waals surface area contributed by atoms with Crippen LogP contribution in [0.4, 0.5) is 0 Å². The van der Waals surface area contributed by atoms with Gasteiger partial charge in [-0.1, -0.05) is 11.8 Å². The minimum atomic E-state index is -1.08. The van der Waals surface area contributed by atoms with Crippen LogP contribution in [-0.4, -0.2) is 27.3 Å². The molecule has 1 N–H and O–H groups in total. The summed E-state index contributed by atoms with van der Waals surface area (Å²) < 4.78 is 7.72. The molecule has 0 aliphatic rings. The van der Waals surface area contributed by atoms with Crippen molar-refractivity contribution in [2.24, 2.45) is 0 Å². The molecule has 5 nitrogen and oxygen atoms in total. The molecule has 0 amide bonds. The number of aromatic nitrogens is 2. The van der Waals surface area contributed by atoms with Crippen LogP contribution in [0.15, 0.2) is 40.9 Å². The van der Waals surface area contributed by atoms with Crippen molar-refractivity contribution >= 4 is 39.3 Å². The Morgan fingerprint density at radius 3 is 2.86 bits per heavy atom. The molecule has 0 aliphatic heterocycles. The average molecular weight is 318 g/mol. The first-order valence-electron chi connectivity index (χ1n) is 5.97. The van der Waals surface area contributed by atoms with E-state index in [1.54, 1.807) is 29.2 Å². The van der Waals surface area contributed by atoms with Gasteiger partial charge in [0, 0.05) is 18.3 Å². The zero-order valence-electron chi connectivity index (χ0n) is 10.9. The highest BCUT2D eigenvalue weighted by atomic mass is 32.2. The number of ether oxygens (including phenoxy) is 1. The number of thioether (sulfide) groups is 1. The summed E-state index contributed by atoms with van der Waals surface area (Å²) in [5.74, 6) is 0.000619. The van der Waals surface area contributed by atoms with Gasteiger partial charge >= 0.3 is 5.97 Å². The van der Waals surface area contributed by atoms with Crippen molar-refractivity contribution in [1.82, 2.24) is 9.97 Å². The maximum Gasteiger partial charge on any atom is 0.354 e. The zero-order chi connectivity index (χ0) is 14.8. The molecule has 0 bridgehead atoms. The van der Waals surface area contributed by atoms with Crippen LogP contribution in [0, 0.1) is 0 Å². The Bertz CT molecular complexity index is 817. The van der Waals surface area contributed by atoms with E-state index in [0.717, 1.165) is 14.6 Å². The molecule has 0 unspecified atom stereocenters. The van der Waals surface area contributed by atoms with Crippen LogP contribution in [0.5, 0.6) is 11.5 Å². The summed E-state index contributed by atoms with van der Waals surface area (Å²) in [5.41, 5.74) is 0.883. The Morgan fingerprint density at radius 1 is 1.29 bits per heavy atom. The molecule has 0 spiro atoms. The third-order valence-electron chi connectivity index (χ3n) is 2.70. The van der Waals surface area contributed by atoms with E-state index in [4.69, 9.17) is 9.84 Å². The fraction of sp³-hybridized carbons (Fsp3) is 0.0714. The highest BCUT2D eigenvalue weighted by Gasteiger charge is 2.08. The summed E-state index contributed by atoms with van der Waals surface area (Å²) in [6.45, 7) is 0. The second-order valence-electron chi connectivity index (χ2n) is 4.10. The molecule has 3 rings (SSSR count). The molecule has 0 atom stereocenters. The molecule has 0 aliphatic carbocycles. The van der Waals surface area contributed by atoms with Crippen molar-refractivity contribution in [1.29, 1.82) is 0 Å². The van der Waals surface area contributed by atoms with E-state index in [1.807, 2.05) is 24.5 Å². The zero-order valence-corrected chi connectivity index (χ0v) is 12.6. The van der Waals surface area contributed by atoms with Crippen LogP contribution in [0.1, 0.15) is 10.5 Å². The topological polar surface area (TPSA) is 72.3 Å². The van der Waals surface area contributed by atoms with Crippen LogP contribution >= 0.6 is 23.1 Å². The van der Waals surface area contributed by atoms with Gasteiger partial charge in [0.15, 0.2) is 10.0 Å². The predicted molar refractivity (Wildman–Crippen MR) is 82.7 cm³/mol. The first kappa shape index (κ1) is 13.8. The first-order chi connectivity index (χ1) is 10.2. The quantitative estimate of drug-likeness (QED) is 0.735. The number of aromatic carboxylic acids is 1. The average Bonchev–Trinajstić information content (AvgIpc) is 2.90. The van der Waals surface area contributed by atoms with Gasteiger partial charge in [0.2, 0.25) is 0 Å². The summed E-state index contributed by atoms with van der Waals surface area (Å²) >= 11 is 3.20. The monoisotopic (exact) mass is 318 g/mol. The molecule has 1 aromatic carbocycles. The molecule has 3 aromatic rings. The highest BCUT2D eigenvalue weighted by molar-refractivity contribution is 8.00. The highest BCUT2D eigenvalue weighted by Crippen LogP contribution is 2.32. The molecule has 21 heavy (non-hydrogen) atoms. The van der Waals surface area contributed by atoms with Crippen LogP contribution in [0.3, 0.4) is 0 Å². The number of hydrogen-bond acceptors (Lipinski definition) is 6. The largest absolute Gasteiger partial charge is 0.477 e. The van der Waals surface area contributed by atoms with E-state index in [0.29, 0.717) is 11.5 Å². The maximum atomic E-state index is 10.9. The van der Waals surface area contributed by atoms with Gasteiger partial charge in [-0.15, -0.1) is 11.3 Å². The molecule has 0 saturated carbocycles. The summed E-state index contributed by atoms with van der Waals surface area (Å²) in [5, 5.41) is 8.92. The van der Waals surface area contributed by atoms with E-state index in [2.05, 4.69) is 9.97 Å². The molecular formula is C14H10N2O3S2. The summed E-state index contributed by atoms with van der Waals surface area (Å²) in [7, 11) is 0. The molecule has 2 heterocycles. The second kappa shape index (κ2) is 5.71. The van der Waals surface area contributed by atoms with E-state index < -0.39 is 5.97 Å². The standard InChI is InChI=1S/C14H10N2O3S2/c1-20-14-16-10-3-2-8(7-12(10)21-14)19-9-4-5-15-11(6-9)13(17)18/h2-7H,1H3,(H,17,18). The number of nitrogens with zero attached hydrogens (tertiary/aromatic N) is 2. The fourth-order valence-electron chi connectivity index (χ4n) is 1.76. The molecule has 0 saturated heterocycles. The fourth-order valence-corrected chi connectivity index (χ4v) is 3.28. The van der Waals surface area contributed by atoms with Crippen LogP contribution < -0.4 is 4.74 Å². The number of benzene rings is 1. The van der Waals surface area contributed by atoms with Gasteiger partial charge in [-0.05, 0) is 24.5 Å². The second-order valence-corrected chi connectivity index (χ2v) is 6.18. The lowest BCUT2D eigenvalue weighted by Gasteiger charge is -2.05. The predicted octanol–water partition coefficient (Wildman–Crippen LogP) is 3.90. The van der Waals surface area contributed by atoms with E-state index in [1.165, 1.54) is 12.3 Å². The van der Waals surface area contributed by atoms with Gasteiger partial charge in [-0.3, -0.25) is 0 Å². The Labute approximate surface area is 128 Å². The third kappa shape index (κ3) is 2.98. The molecule has 7 heteroatoms. The number of hydrogen-bond donors (Lipinski definition) is 1. The number of pyridine rings is 1. The maximum absolute atomic E-state index is 10.9. The number of carboxylic acids is 1. The molecule has 106 valence electrons. The van der Waals surface area contributed by atoms with E-state index in [-0.39, 0.29) is 5.69 Å². The summed E-state index contributed by atoms with van der Waals surface area (Å²) in [4.78, 5) is 19.1. The number of rotatable bonds is 4. The Morgan fingerprint density at radius 2 is 2.10 bits per heavy atom. The minimum Gasteiger partial charge on any atom is -0.477 e. The van der Waals surface area contributed by atoms with E-state index in [9.17, 15) is 4.79 Å². The van der Waals surface area contributed by atoms with Crippen molar-refractivity contribution in [2.45, 2.75) is 4.34 Å². The Kier molecular flexibility index (Phi) is 3.76. The van der Waals surface area contributed by atoms with Crippen LogP contribution in [0.25, 0.3) is 10.2 Å². The Hall–Kier alpha value is -2.12. The van der Waals surface area contributed by atoms with E-state index >= 15 is 0 Å². The van der Waals surface area contributed by atoms with Gasteiger partial charge in [0.25, 0.3) is 0 Å².